The average molecular weight is 302 g/mol. The molecule has 112 valence electrons. The third kappa shape index (κ3) is 3.42. The van der Waals surface area contributed by atoms with Crippen molar-refractivity contribution in [2.24, 2.45) is 0 Å². The summed E-state index contributed by atoms with van der Waals surface area (Å²) in [6, 6.07) is 7.69. The van der Waals surface area contributed by atoms with Gasteiger partial charge in [0.25, 0.3) is 0 Å². The summed E-state index contributed by atoms with van der Waals surface area (Å²) in [5.41, 5.74) is 1.34. The molecule has 0 unspecified atom stereocenters. The molecule has 0 radical (unpaired) electrons. The molecule has 2 rings (SSSR count). The van der Waals surface area contributed by atoms with Crippen molar-refractivity contribution < 1.29 is 9.53 Å². The van der Waals surface area contributed by atoms with Gasteiger partial charge >= 0.3 is 0 Å². The smallest absolute Gasteiger partial charge is 0.250 e. The van der Waals surface area contributed by atoms with Crippen LogP contribution in [0.15, 0.2) is 36.8 Å². The van der Waals surface area contributed by atoms with Gasteiger partial charge in [0, 0.05) is 5.56 Å². The van der Waals surface area contributed by atoms with Crippen LogP contribution in [0.1, 0.15) is 20.8 Å². The second-order valence-electron chi connectivity index (χ2n) is 6.65. The highest BCUT2D eigenvalue weighted by atomic mass is 28.4. The van der Waals surface area contributed by atoms with Gasteiger partial charge in [0.1, 0.15) is 17.8 Å². The molecule has 0 amide bonds. The molecule has 0 aliphatic carbocycles. The predicted molar refractivity (Wildman–Crippen MR) is 87.0 cm³/mol. The molecule has 1 heterocycles. The molecule has 0 saturated carbocycles. The van der Waals surface area contributed by atoms with Crippen molar-refractivity contribution >= 4 is 8.32 Å². The largest absolute Gasteiger partial charge is 0.543 e. The van der Waals surface area contributed by atoms with Gasteiger partial charge in [0.2, 0.25) is 8.32 Å². The van der Waals surface area contributed by atoms with Crippen molar-refractivity contribution in [2.45, 2.75) is 38.9 Å². The topological polar surface area (TPSA) is 55.2 Å². The summed E-state index contributed by atoms with van der Waals surface area (Å²) in [6.45, 7) is 11.0. The van der Waals surface area contributed by atoms with Crippen LogP contribution in [-0.2, 0) is 0 Å². The lowest BCUT2D eigenvalue weighted by atomic mass is 10.1. The molecule has 0 bridgehead atoms. The van der Waals surface area contributed by atoms with E-state index in [-0.39, 0.29) is 10.8 Å². The first-order valence-corrected chi connectivity index (χ1v) is 9.90. The zero-order chi connectivity index (χ0) is 15.7. The molecule has 0 saturated heterocycles. The maximum absolute atomic E-state index is 9.86. The highest BCUT2D eigenvalue weighted by Gasteiger charge is 2.38. The van der Waals surface area contributed by atoms with Crippen LogP contribution in [0, 0.1) is 0 Å². The highest BCUT2D eigenvalue weighted by molar-refractivity contribution is 6.74. The molecule has 21 heavy (non-hydrogen) atoms. The van der Waals surface area contributed by atoms with Crippen LogP contribution in [0.2, 0.25) is 18.1 Å². The van der Waals surface area contributed by atoms with Crippen LogP contribution in [0.4, 0.5) is 0 Å². The summed E-state index contributed by atoms with van der Waals surface area (Å²) >= 11 is 0. The zero-order valence-corrected chi connectivity index (χ0v) is 14.2. The standard InChI is InChI=1S/C16H22N2O2Si/c1-16(2,3)21(4,5)20-13-8-6-7-12(9-13)15-14(19)10-17-11-18-15/h6-11,19H,1-5H3. The minimum absolute atomic E-state index is 0.0713. The lowest BCUT2D eigenvalue weighted by Gasteiger charge is -2.36. The number of rotatable bonds is 3. The molecule has 0 spiro atoms. The van der Waals surface area contributed by atoms with Crippen molar-refractivity contribution in [2.75, 3.05) is 0 Å². The maximum Gasteiger partial charge on any atom is 0.250 e. The molecule has 1 aromatic heterocycles. The van der Waals surface area contributed by atoms with Gasteiger partial charge in [-0.1, -0.05) is 32.9 Å². The van der Waals surface area contributed by atoms with E-state index in [9.17, 15) is 5.11 Å². The van der Waals surface area contributed by atoms with E-state index in [0.29, 0.717) is 5.69 Å². The Hall–Kier alpha value is -1.88. The van der Waals surface area contributed by atoms with Crippen LogP contribution in [0.25, 0.3) is 11.3 Å². The van der Waals surface area contributed by atoms with Crippen molar-refractivity contribution in [3.05, 3.63) is 36.8 Å². The summed E-state index contributed by atoms with van der Waals surface area (Å²) in [7, 11) is -1.88. The maximum atomic E-state index is 9.86. The third-order valence-electron chi connectivity index (χ3n) is 3.98. The van der Waals surface area contributed by atoms with E-state index < -0.39 is 8.32 Å². The minimum Gasteiger partial charge on any atom is -0.543 e. The van der Waals surface area contributed by atoms with E-state index in [4.69, 9.17) is 4.43 Å². The Balaban J connectivity index is 2.33. The van der Waals surface area contributed by atoms with E-state index in [0.717, 1.165) is 11.3 Å². The Morgan fingerprint density at radius 2 is 1.90 bits per heavy atom. The van der Waals surface area contributed by atoms with Gasteiger partial charge in [0.05, 0.1) is 6.20 Å². The minimum atomic E-state index is -1.88. The Morgan fingerprint density at radius 3 is 2.52 bits per heavy atom. The summed E-state index contributed by atoms with van der Waals surface area (Å²) in [6.07, 6.45) is 2.82. The Kier molecular flexibility index (Phi) is 4.05. The zero-order valence-electron chi connectivity index (χ0n) is 13.2. The number of hydrogen-bond donors (Lipinski definition) is 1. The molecular formula is C16H22N2O2Si. The van der Waals surface area contributed by atoms with Gasteiger partial charge < -0.3 is 9.53 Å². The molecule has 0 aliphatic heterocycles. The predicted octanol–water partition coefficient (Wildman–Crippen LogP) is 4.23. The second-order valence-corrected chi connectivity index (χ2v) is 11.4. The van der Waals surface area contributed by atoms with Gasteiger partial charge in [-0.2, -0.15) is 0 Å². The van der Waals surface area contributed by atoms with E-state index >= 15 is 0 Å². The van der Waals surface area contributed by atoms with E-state index in [1.165, 1.54) is 12.5 Å². The first kappa shape index (κ1) is 15.5. The fraction of sp³-hybridized carbons (Fsp3) is 0.375. The first-order valence-electron chi connectivity index (χ1n) is 6.99. The number of hydrogen-bond acceptors (Lipinski definition) is 4. The molecule has 1 N–H and O–H groups in total. The summed E-state index contributed by atoms with van der Waals surface area (Å²) in [4.78, 5) is 7.93. The number of benzene rings is 1. The lowest BCUT2D eigenvalue weighted by molar-refractivity contribution is 0.472. The fourth-order valence-electron chi connectivity index (χ4n) is 1.70. The van der Waals surface area contributed by atoms with Gasteiger partial charge in [-0.15, -0.1) is 0 Å². The Morgan fingerprint density at radius 1 is 1.19 bits per heavy atom. The van der Waals surface area contributed by atoms with Crippen molar-refractivity contribution in [3.8, 4) is 22.8 Å². The van der Waals surface area contributed by atoms with Gasteiger partial charge in [-0.3, -0.25) is 0 Å². The molecule has 0 aliphatic rings. The van der Waals surface area contributed by atoms with E-state index in [2.05, 4.69) is 43.8 Å². The summed E-state index contributed by atoms with van der Waals surface area (Å²) < 4.78 is 6.28. The highest BCUT2D eigenvalue weighted by Crippen LogP contribution is 2.38. The molecule has 0 atom stereocenters. The van der Waals surface area contributed by atoms with Crippen LogP contribution in [0.5, 0.6) is 11.5 Å². The normalized spacial score (nSPS) is 12.2. The molecule has 1 aromatic carbocycles. The summed E-state index contributed by atoms with van der Waals surface area (Å²) in [5, 5.41) is 10.00. The van der Waals surface area contributed by atoms with Crippen LogP contribution < -0.4 is 4.43 Å². The second kappa shape index (κ2) is 5.48. The van der Waals surface area contributed by atoms with Crippen molar-refractivity contribution in [3.63, 3.8) is 0 Å². The number of aromatic hydroxyl groups is 1. The molecular weight excluding hydrogens is 280 g/mol. The Bertz CT molecular complexity index is 636. The monoisotopic (exact) mass is 302 g/mol. The first-order chi connectivity index (χ1) is 9.71. The molecule has 2 aromatic rings. The van der Waals surface area contributed by atoms with Crippen LogP contribution in [-0.4, -0.2) is 23.4 Å². The summed E-state index contributed by atoms with van der Waals surface area (Å²) in [5.74, 6) is 0.888. The van der Waals surface area contributed by atoms with Gasteiger partial charge in [-0.25, -0.2) is 9.97 Å². The quantitative estimate of drug-likeness (QED) is 0.862. The van der Waals surface area contributed by atoms with Crippen molar-refractivity contribution in [1.82, 2.24) is 9.97 Å². The Labute approximate surface area is 127 Å². The number of nitrogens with zero attached hydrogens (tertiary/aromatic N) is 2. The lowest BCUT2D eigenvalue weighted by Crippen LogP contribution is -2.43. The van der Waals surface area contributed by atoms with Gasteiger partial charge in [-0.05, 0) is 30.3 Å². The third-order valence-corrected chi connectivity index (χ3v) is 8.34. The molecule has 0 fully saturated rings. The molecule has 4 nitrogen and oxygen atoms in total. The van der Waals surface area contributed by atoms with E-state index in [1.807, 2.05) is 24.3 Å². The number of aromatic nitrogens is 2. The molecule has 5 heteroatoms. The van der Waals surface area contributed by atoms with E-state index in [1.54, 1.807) is 0 Å². The van der Waals surface area contributed by atoms with Crippen molar-refractivity contribution in [1.29, 1.82) is 0 Å². The fourth-order valence-corrected chi connectivity index (χ4v) is 2.72. The van der Waals surface area contributed by atoms with Gasteiger partial charge in [0.15, 0.2) is 5.75 Å². The SMILES string of the molecule is CC(C)(C)[Si](C)(C)Oc1cccc(-c2ncncc2O)c1. The average Bonchev–Trinajstić information content (AvgIpc) is 2.37. The van der Waals surface area contributed by atoms with Crippen LogP contribution >= 0.6 is 0 Å². The van der Waals surface area contributed by atoms with Crippen LogP contribution in [0.3, 0.4) is 0 Å².